The Labute approximate surface area is 141 Å². The van der Waals surface area contributed by atoms with E-state index in [1.807, 2.05) is 43.3 Å². The largest absolute Gasteiger partial charge is 0.378 e. The van der Waals surface area contributed by atoms with Crippen molar-refractivity contribution in [1.82, 2.24) is 10.3 Å². The van der Waals surface area contributed by atoms with Crippen LogP contribution in [0.1, 0.15) is 11.1 Å². The van der Waals surface area contributed by atoms with Crippen LogP contribution >= 0.6 is 0 Å². The molecule has 2 N–H and O–H groups in total. The van der Waals surface area contributed by atoms with Gasteiger partial charge in [-0.2, -0.15) is 0 Å². The van der Waals surface area contributed by atoms with Gasteiger partial charge in [0.25, 0.3) is 0 Å². The first-order chi connectivity index (χ1) is 11.7. The maximum atomic E-state index is 12.1. The molecule has 6 heteroatoms. The van der Waals surface area contributed by atoms with Gasteiger partial charge in [-0.1, -0.05) is 23.8 Å². The number of benzene rings is 1. The highest BCUT2D eigenvalue weighted by Gasteiger charge is 2.16. The number of hydrogen-bond acceptors (Lipinski definition) is 4. The third kappa shape index (κ3) is 4.23. The van der Waals surface area contributed by atoms with Crippen molar-refractivity contribution >= 4 is 17.5 Å². The Bertz CT molecular complexity index is 682. The van der Waals surface area contributed by atoms with Crippen molar-refractivity contribution in [3.63, 3.8) is 0 Å². The fraction of sp³-hybridized carbons (Fsp3) is 0.333. The second kappa shape index (κ2) is 7.79. The van der Waals surface area contributed by atoms with Gasteiger partial charge in [0.05, 0.1) is 13.2 Å². The fourth-order valence-corrected chi connectivity index (χ4v) is 2.62. The Morgan fingerprint density at radius 2 is 1.96 bits per heavy atom. The van der Waals surface area contributed by atoms with E-state index in [-0.39, 0.29) is 6.03 Å². The van der Waals surface area contributed by atoms with Gasteiger partial charge in [0, 0.05) is 37.1 Å². The lowest BCUT2D eigenvalue weighted by molar-refractivity contribution is 0.122. The number of rotatable bonds is 4. The predicted molar refractivity (Wildman–Crippen MR) is 94.3 cm³/mol. The molecule has 1 aliphatic rings. The van der Waals surface area contributed by atoms with Crippen LogP contribution in [-0.4, -0.2) is 37.3 Å². The van der Waals surface area contributed by atoms with E-state index in [0.717, 1.165) is 35.7 Å². The van der Waals surface area contributed by atoms with Gasteiger partial charge in [0.15, 0.2) is 0 Å². The normalized spacial score (nSPS) is 14.3. The summed E-state index contributed by atoms with van der Waals surface area (Å²) in [6, 6.07) is 11.4. The third-order valence-electron chi connectivity index (χ3n) is 3.93. The highest BCUT2D eigenvalue weighted by Crippen LogP contribution is 2.18. The number of urea groups is 1. The van der Waals surface area contributed by atoms with Crippen LogP contribution < -0.4 is 15.5 Å². The van der Waals surface area contributed by atoms with Gasteiger partial charge in [0.2, 0.25) is 0 Å². The molecule has 0 unspecified atom stereocenters. The molecule has 1 fully saturated rings. The predicted octanol–water partition coefficient (Wildman–Crippen LogP) is 2.55. The van der Waals surface area contributed by atoms with E-state index in [1.54, 1.807) is 6.20 Å². The minimum atomic E-state index is -0.226. The Balaban J connectivity index is 1.59. The number of carbonyl (C=O) groups is 1. The van der Waals surface area contributed by atoms with Crippen LogP contribution in [0.5, 0.6) is 0 Å². The highest BCUT2D eigenvalue weighted by molar-refractivity contribution is 5.89. The molecular formula is C18H22N4O2. The van der Waals surface area contributed by atoms with E-state index < -0.39 is 0 Å². The van der Waals surface area contributed by atoms with E-state index in [2.05, 4.69) is 20.5 Å². The number of carbonyl (C=O) groups excluding carboxylic acids is 1. The average molecular weight is 326 g/mol. The van der Waals surface area contributed by atoms with E-state index in [9.17, 15) is 4.79 Å². The highest BCUT2D eigenvalue weighted by atomic mass is 16.5. The fourth-order valence-electron chi connectivity index (χ4n) is 2.62. The molecule has 1 aromatic heterocycles. The number of ether oxygens (including phenoxy) is 1. The van der Waals surface area contributed by atoms with Gasteiger partial charge in [-0.25, -0.2) is 9.78 Å². The molecular weight excluding hydrogens is 304 g/mol. The molecule has 0 spiro atoms. The first-order valence-corrected chi connectivity index (χ1v) is 8.10. The summed E-state index contributed by atoms with van der Waals surface area (Å²) >= 11 is 0. The number of hydrogen-bond donors (Lipinski definition) is 2. The summed E-state index contributed by atoms with van der Waals surface area (Å²) in [6.07, 6.45) is 1.78. The van der Waals surface area contributed by atoms with Crippen molar-refractivity contribution in [3.05, 3.63) is 53.7 Å². The Morgan fingerprint density at radius 3 is 2.71 bits per heavy atom. The van der Waals surface area contributed by atoms with Crippen molar-refractivity contribution in [2.45, 2.75) is 13.5 Å². The molecule has 0 bridgehead atoms. The summed E-state index contributed by atoms with van der Waals surface area (Å²) in [6.45, 7) is 5.49. The molecule has 1 aromatic carbocycles. The van der Waals surface area contributed by atoms with Crippen LogP contribution in [0.15, 0.2) is 42.6 Å². The lowest BCUT2D eigenvalue weighted by Gasteiger charge is -2.29. The van der Waals surface area contributed by atoms with Crippen LogP contribution in [0.4, 0.5) is 16.3 Å². The summed E-state index contributed by atoms with van der Waals surface area (Å²) in [5, 5.41) is 5.73. The monoisotopic (exact) mass is 326 g/mol. The molecule has 2 aromatic rings. The summed E-state index contributed by atoms with van der Waals surface area (Å²) in [4.78, 5) is 18.7. The van der Waals surface area contributed by atoms with Gasteiger partial charge in [-0.05, 0) is 25.1 Å². The van der Waals surface area contributed by atoms with Gasteiger partial charge in [0.1, 0.15) is 5.82 Å². The van der Waals surface area contributed by atoms with Crippen LogP contribution in [0.2, 0.25) is 0 Å². The standard InChI is InChI=1S/C18H22N4O2/c1-14-4-6-16(7-5-14)21-18(23)20-13-15-3-2-8-19-17(15)22-9-11-24-12-10-22/h2-8H,9-13H2,1H3,(H2,20,21,23). The van der Waals surface area contributed by atoms with Gasteiger partial charge < -0.3 is 20.3 Å². The van der Waals surface area contributed by atoms with Gasteiger partial charge in [-0.15, -0.1) is 0 Å². The van der Waals surface area contributed by atoms with E-state index in [4.69, 9.17) is 4.74 Å². The molecule has 0 aliphatic carbocycles. The van der Waals surface area contributed by atoms with Gasteiger partial charge >= 0.3 is 6.03 Å². The quantitative estimate of drug-likeness (QED) is 0.906. The molecule has 2 heterocycles. The van der Waals surface area contributed by atoms with E-state index >= 15 is 0 Å². The molecule has 2 amide bonds. The van der Waals surface area contributed by atoms with Crippen molar-refractivity contribution in [2.75, 3.05) is 36.5 Å². The second-order valence-electron chi connectivity index (χ2n) is 5.76. The maximum Gasteiger partial charge on any atom is 0.319 e. The molecule has 0 radical (unpaired) electrons. The molecule has 0 saturated carbocycles. The lowest BCUT2D eigenvalue weighted by Crippen LogP contribution is -2.38. The molecule has 1 saturated heterocycles. The Hall–Kier alpha value is -2.60. The smallest absolute Gasteiger partial charge is 0.319 e. The van der Waals surface area contributed by atoms with Crippen LogP contribution in [0.25, 0.3) is 0 Å². The summed E-state index contributed by atoms with van der Waals surface area (Å²) < 4.78 is 5.38. The number of anilines is 2. The lowest BCUT2D eigenvalue weighted by atomic mass is 10.2. The van der Waals surface area contributed by atoms with Crippen LogP contribution in [-0.2, 0) is 11.3 Å². The minimum absolute atomic E-state index is 0.226. The zero-order valence-corrected chi connectivity index (χ0v) is 13.8. The number of nitrogens with one attached hydrogen (secondary N) is 2. The zero-order chi connectivity index (χ0) is 16.8. The molecule has 0 atom stereocenters. The number of nitrogens with zero attached hydrogens (tertiary/aromatic N) is 2. The zero-order valence-electron chi connectivity index (χ0n) is 13.8. The van der Waals surface area contributed by atoms with Crippen molar-refractivity contribution < 1.29 is 9.53 Å². The molecule has 24 heavy (non-hydrogen) atoms. The number of morpholine rings is 1. The van der Waals surface area contributed by atoms with Crippen LogP contribution in [0.3, 0.4) is 0 Å². The first kappa shape index (κ1) is 16.3. The third-order valence-corrected chi connectivity index (χ3v) is 3.93. The second-order valence-corrected chi connectivity index (χ2v) is 5.76. The average Bonchev–Trinajstić information content (AvgIpc) is 2.63. The SMILES string of the molecule is Cc1ccc(NC(=O)NCc2cccnc2N2CCOCC2)cc1. The minimum Gasteiger partial charge on any atom is -0.378 e. The van der Waals surface area contributed by atoms with Gasteiger partial charge in [-0.3, -0.25) is 0 Å². The number of aromatic nitrogens is 1. The first-order valence-electron chi connectivity index (χ1n) is 8.10. The number of pyridine rings is 1. The Kier molecular flexibility index (Phi) is 5.28. The molecule has 126 valence electrons. The van der Waals surface area contributed by atoms with Crippen LogP contribution in [0, 0.1) is 6.92 Å². The van der Waals surface area contributed by atoms with Crippen molar-refractivity contribution in [2.24, 2.45) is 0 Å². The molecule has 1 aliphatic heterocycles. The number of amides is 2. The van der Waals surface area contributed by atoms with E-state index in [0.29, 0.717) is 19.8 Å². The maximum absolute atomic E-state index is 12.1. The molecule has 6 nitrogen and oxygen atoms in total. The Morgan fingerprint density at radius 1 is 1.21 bits per heavy atom. The molecule has 3 rings (SSSR count). The van der Waals surface area contributed by atoms with Crippen molar-refractivity contribution in [1.29, 1.82) is 0 Å². The van der Waals surface area contributed by atoms with Crippen molar-refractivity contribution in [3.8, 4) is 0 Å². The topological polar surface area (TPSA) is 66.5 Å². The number of aryl methyl sites for hydroxylation is 1. The van der Waals surface area contributed by atoms with E-state index in [1.165, 1.54) is 0 Å². The summed E-state index contributed by atoms with van der Waals surface area (Å²) in [5.74, 6) is 0.913. The summed E-state index contributed by atoms with van der Waals surface area (Å²) in [5.41, 5.74) is 2.93. The summed E-state index contributed by atoms with van der Waals surface area (Å²) in [7, 11) is 0.